The number of pyridine rings is 1. The molecule has 0 aliphatic heterocycles. The standard InChI is InChI=1S/C22H19F5N4O2S/c23-14-5-2-6-15(24)18(14)19-13(22(25,26)27)7-8-16(30-19)20(32)31-17-10-29-34-21(17)33-12-4-1-3-11(28)9-12/h2,5-8,10-12H,1,3-4,9,28H2,(H,31,32). The number of nitrogens with one attached hydrogen (secondary N) is 1. The number of benzene rings is 1. The van der Waals surface area contributed by atoms with Crippen LogP contribution in [0.25, 0.3) is 11.3 Å². The Labute approximate surface area is 195 Å². The van der Waals surface area contributed by atoms with Crippen LogP contribution in [0.4, 0.5) is 27.6 Å². The Morgan fingerprint density at radius 3 is 2.56 bits per heavy atom. The van der Waals surface area contributed by atoms with E-state index in [0.29, 0.717) is 17.6 Å². The minimum atomic E-state index is -4.95. The number of nitrogens with two attached hydrogens (primary N) is 1. The third-order valence-electron chi connectivity index (χ3n) is 5.36. The highest BCUT2D eigenvalue weighted by Gasteiger charge is 2.36. The number of carbonyl (C=O) groups excluding carboxylic acids is 1. The number of amides is 1. The number of rotatable bonds is 5. The first-order valence-electron chi connectivity index (χ1n) is 10.3. The number of alkyl halides is 3. The fourth-order valence-corrected chi connectivity index (χ4v) is 4.39. The summed E-state index contributed by atoms with van der Waals surface area (Å²) in [6, 6.07) is 4.05. The predicted molar refractivity (Wildman–Crippen MR) is 116 cm³/mol. The second-order valence-electron chi connectivity index (χ2n) is 7.83. The molecule has 0 spiro atoms. The molecule has 2 unspecified atom stereocenters. The van der Waals surface area contributed by atoms with Gasteiger partial charge in [-0.05, 0) is 49.9 Å². The summed E-state index contributed by atoms with van der Waals surface area (Å²) in [4.78, 5) is 16.5. The van der Waals surface area contributed by atoms with Crippen LogP contribution in [-0.4, -0.2) is 27.4 Å². The Kier molecular flexibility index (Phi) is 6.80. The smallest absolute Gasteiger partial charge is 0.418 e. The van der Waals surface area contributed by atoms with Crippen molar-refractivity contribution in [2.24, 2.45) is 5.73 Å². The van der Waals surface area contributed by atoms with Crippen LogP contribution in [0.2, 0.25) is 0 Å². The first-order chi connectivity index (χ1) is 16.1. The van der Waals surface area contributed by atoms with E-state index in [-0.39, 0.29) is 17.8 Å². The van der Waals surface area contributed by atoms with Crippen molar-refractivity contribution in [1.29, 1.82) is 0 Å². The fourth-order valence-electron chi connectivity index (χ4n) is 3.75. The molecule has 1 aliphatic carbocycles. The minimum Gasteiger partial charge on any atom is -0.478 e. The van der Waals surface area contributed by atoms with Gasteiger partial charge in [-0.25, -0.2) is 13.8 Å². The van der Waals surface area contributed by atoms with E-state index in [1.165, 1.54) is 6.20 Å². The molecule has 3 N–H and O–H groups in total. The fraction of sp³-hybridized carbons (Fsp3) is 0.318. The zero-order valence-electron chi connectivity index (χ0n) is 17.5. The Morgan fingerprint density at radius 1 is 1.15 bits per heavy atom. The third kappa shape index (κ3) is 5.17. The zero-order chi connectivity index (χ0) is 24.5. The second kappa shape index (κ2) is 9.63. The van der Waals surface area contributed by atoms with Gasteiger partial charge in [-0.3, -0.25) is 4.79 Å². The van der Waals surface area contributed by atoms with Gasteiger partial charge in [-0.15, -0.1) is 0 Å². The lowest BCUT2D eigenvalue weighted by Gasteiger charge is -2.26. The molecule has 0 saturated heterocycles. The van der Waals surface area contributed by atoms with Crippen molar-refractivity contribution < 1.29 is 31.5 Å². The molecule has 1 fully saturated rings. The molecule has 2 atom stereocenters. The summed E-state index contributed by atoms with van der Waals surface area (Å²) in [6.07, 6.45) is -0.540. The Morgan fingerprint density at radius 2 is 1.88 bits per heavy atom. The average molecular weight is 498 g/mol. The molecule has 34 heavy (non-hydrogen) atoms. The molecule has 4 rings (SSSR count). The van der Waals surface area contributed by atoms with Crippen LogP contribution < -0.4 is 15.8 Å². The van der Waals surface area contributed by atoms with Crippen molar-refractivity contribution in [3.63, 3.8) is 0 Å². The number of anilines is 1. The number of carbonyl (C=O) groups is 1. The maximum Gasteiger partial charge on any atom is 0.418 e. The summed E-state index contributed by atoms with van der Waals surface area (Å²) >= 11 is 0.995. The molecule has 3 aromatic rings. The minimum absolute atomic E-state index is 0.0123. The van der Waals surface area contributed by atoms with Gasteiger partial charge in [-0.2, -0.15) is 17.5 Å². The summed E-state index contributed by atoms with van der Waals surface area (Å²) in [5.74, 6) is -3.37. The highest BCUT2D eigenvalue weighted by atomic mass is 32.1. The van der Waals surface area contributed by atoms with Gasteiger partial charge in [-0.1, -0.05) is 6.07 Å². The zero-order valence-corrected chi connectivity index (χ0v) is 18.4. The Balaban J connectivity index is 1.62. The molecule has 180 valence electrons. The summed E-state index contributed by atoms with van der Waals surface area (Å²) in [6.45, 7) is 0. The van der Waals surface area contributed by atoms with Crippen molar-refractivity contribution in [3.05, 3.63) is 59.4 Å². The van der Waals surface area contributed by atoms with Crippen LogP contribution in [0.1, 0.15) is 41.7 Å². The quantitative estimate of drug-likeness (QED) is 0.460. The van der Waals surface area contributed by atoms with Crippen LogP contribution in [0.3, 0.4) is 0 Å². The van der Waals surface area contributed by atoms with E-state index in [4.69, 9.17) is 10.5 Å². The molecule has 2 heterocycles. The maximum absolute atomic E-state index is 14.3. The number of hydrogen-bond donors (Lipinski definition) is 2. The van der Waals surface area contributed by atoms with Gasteiger partial charge >= 0.3 is 6.18 Å². The number of halogens is 5. The van der Waals surface area contributed by atoms with Gasteiger partial charge in [0.2, 0.25) is 5.06 Å². The predicted octanol–water partition coefficient (Wildman–Crippen LogP) is 5.40. The lowest BCUT2D eigenvalue weighted by Crippen LogP contribution is -2.33. The largest absolute Gasteiger partial charge is 0.478 e. The van der Waals surface area contributed by atoms with E-state index in [1.807, 2.05) is 0 Å². The molecule has 12 heteroatoms. The number of hydrogen-bond acceptors (Lipinski definition) is 6. The van der Waals surface area contributed by atoms with E-state index in [2.05, 4.69) is 14.7 Å². The van der Waals surface area contributed by atoms with Gasteiger partial charge in [0.1, 0.15) is 29.1 Å². The van der Waals surface area contributed by atoms with Crippen molar-refractivity contribution in [2.45, 2.75) is 44.0 Å². The summed E-state index contributed by atoms with van der Waals surface area (Å²) in [7, 11) is 0. The first kappa shape index (κ1) is 24.0. The molecular weight excluding hydrogens is 479 g/mol. The van der Waals surface area contributed by atoms with Gasteiger partial charge in [0.15, 0.2) is 0 Å². The van der Waals surface area contributed by atoms with Gasteiger partial charge < -0.3 is 15.8 Å². The van der Waals surface area contributed by atoms with Crippen LogP contribution in [0.5, 0.6) is 5.06 Å². The van der Waals surface area contributed by atoms with E-state index in [1.54, 1.807) is 0 Å². The molecule has 1 amide bonds. The molecule has 1 aliphatic rings. The van der Waals surface area contributed by atoms with Crippen molar-refractivity contribution in [3.8, 4) is 16.3 Å². The normalized spacial score (nSPS) is 18.5. The molecular formula is C22H19F5N4O2S. The van der Waals surface area contributed by atoms with Crippen LogP contribution in [0.15, 0.2) is 36.5 Å². The Hall–Kier alpha value is -3.12. The highest BCUT2D eigenvalue weighted by molar-refractivity contribution is 7.08. The number of aromatic nitrogens is 2. The van der Waals surface area contributed by atoms with Crippen LogP contribution >= 0.6 is 11.5 Å². The number of ether oxygens (including phenoxy) is 1. The van der Waals surface area contributed by atoms with E-state index in [9.17, 15) is 26.7 Å². The maximum atomic E-state index is 14.3. The van der Waals surface area contributed by atoms with Crippen molar-refractivity contribution in [2.75, 3.05) is 5.32 Å². The van der Waals surface area contributed by atoms with E-state index >= 15 is 0 Å². The summed E-state index contributed by atoms with van der Waals surface area (Å²) in [5, 5.41) is 2.81. The topological polar surface area (TPSA) is 90.1 Å². The summed E-state index contributed by atoms with van der Waals surface area (Å²) < 4.78 is 79.0. The molecule has 0 radical (unpaired) electrons. The molecule has 0 bridgehead atoms. The van der Waals surface area contributed by atoms with Crippen molar-refractivity contribution in [1.82, 2.24) is 9.36 Å². The SMILES string of the molecule is NC1CCCC(Oc2sncc2NC(=O)c2ccc(C(F)(F)F)c(-c3c(F)cccc3F)n2)C1. The van der Waals surface area contributed by atoms with E-state index < -0.39 is 46.2 Å². The lowest BCUT2D eigenvalue weighted by atomic mass is 9.94. The third-order valence-corrected chi connectivity index (χ3v) is 6.05. The first-order valence-corrected chi connectivity index (χ1v) is 11.1. The molecule has 1 saturated carbocycles. The Bertz CT molecular complexity index is 1180. The van der Waals surface area contributed by atoms with Crippen LogP contribution in [0, 0.1) is 11.6 Å². The summed E-state index contributed by atoms with van der Waals surface area (Å²) in [5.41, 5.74) is 2.34. The monoisotopic (exact) mass is 498 g/mol. The van der Waals surface area contributed by atoms with Gasteiger partial charge in [0.05, 0.1) is 23.0 Å². The lowest BCUT2D eigenvalue weighted by molar-refractivity contribution is -0.137. The molecule has 6 nitrogen and oxygen atoms in total. The van der Waals surface area contributed by atoms with E-state index in [0.717, 1.165) is 55.1 Å². The highest BCUT2D eigenvalue weighted by Crippen LogP contribution is 2.38. The second-order valence-corrected chi connectivity index (χ2v) is 8.60. The van der Waals surface area contributed by atoms with Gasteiger partial charge in [0.25, 0.3) is 5.91 Å². The average Bonchev–Trinajstić information content (AvgIpc) is 3.19. The number of nitrogens with zero attached hydrogens (tertiary/aromatic N) is 2. The molecule has 1 aromatic carbocycles. The van der Waals surface area contributed by atoms with Crippen LogP contribution in [-0.2, 0) is 6.18 Å². The van der Waals surface area contributed by atoms with Gasteiger partial charge in [0, 0.05) is 17.6 Å². The molecule has 2 aromatic heterocycles. The van der Waals surface area contributed by atoms with Crippen molar-refractivity contribution >= 4 is 23.1 Å².